The van der Waals surface area contributed by atoms with Crippen LogP contribution in [0.1, 0.15) is 25.0 Å². The summed E-state index contributed by atoms with van der Waals surface area (Å²) in [6, 6.07) is -0.540. The first-order chi connectivity index (χ1) is 9.77. The van der Waals surface area contributed by atoms with Crippen molar-refractivity contribution in [3.8, 4) is 0 Å². The summed E-state index contributed by atoms with van der Waals surface area (Å²) < 4.78 is 37.4. The molecule has 1 saturated carbocycles. The molecule has 1 aromatic heterocycles. The minimum Gasteiger partial charge on any atom is -0.465 e. The van der Waals surface area contributed by atoms with Crippen LogP contribution in [-0.4, -0.2) is 33.3 Å². The molecule has 1 aliphatic carbocycles. The fourth-order valence-corrected chi connectivity index (χ4v) is 2.65. The van der Waals surface area contributed by atoms with Gasteiger partial charge in [0.1, 0.15) is 4.60 Å². The number of amides is 1. The van der Waals surface area contributed by atoms with Crippen molar-refractivity contribution >= 4 is 27.8 Å². The number of carbonyl (C=O) groups is 1. The summed E-state index contributed by atoms with van der Waals surface area (Å²) in [5.74, 6) is 0.159. The molecule has 0 unspecified atom stereocenters. The Balaban J connectivity index is 2.11. The molecule has 0 radical (unpaired) electrons. The van der Waals surface area contributed by atoms with Gasteiger partial charge in [0, 0.05) is 6.04 Å². The van der Waals surface area contributed by atoms with Crippen molar-refractivity contribution in [2.45, 2.75) is 37.5 Å². The Morgan fingerprint density at radius 2 is 2.05 bits per heavy atom. The SMILES string of the molecule is O=C(O)N[C@H]1CCC[C@@H]1Nc1ncc(C(F)(F)F)nc1Br. The molecular weight excluding hydrogens is 357 g/mol. The molecule has 10 heteroatoms. The van der Waals surface area contributed by atoms with Crippen LogP contribution in [0.5, 0.6) is 0 Å². The van der Waals surface area contributed by atoms with Crippen LogP contribution in [0.15, 0.2) is 10.8 Å². The molecule has 1 heterocycles. The number of aromatic nitrogens is 2. The Morgan fingerprint density at radius 1 is 1.38 bits per heavy atom. The predicted octanol–water partition coefficient (Wildman–Crippen LogP) is 2.86. The molecule has 0 bridgehead atoms. The van der Waals surface area contributed by atoms with Crippen LogP contribution in [-0.2, 0) is 6.18 Å². The van der Waals surface area contributed by atoms with E-state index in [9.17, 15) is 18.0 Å². The first-order valence-electron chi connectivity index (χ1n) is 6.13. The molecule has 1 aliphatic rings. The number of rotatable bonds is 3. The van der Waals surface area contributed by atoms with Gasteiger partial charge in [-0.2, -0.15) is 13.2 Å². The Hall–Kier alpha value is -1.58. The monoisotopic (exact) mass is 368 g/mol. The number of alkyl halides is 3. The maximum atomic E-state index is 12.5. The van der Waals surface area contributed by atoms with Crippen molar-refractivity contribution in [2.24, 2.45) is 0 Å². The highest BCUT2D eigenvalue weighted by molar-refractivity contribution is 9.10. The van der Waals surface area contributed by atoms with Crippen molar-refractivity contribution in [1.82, 2.24) is 15.3 Å². The predicted molar refractivity (Wildman–Crippen MR) is 70.9 cm³/mol. The summed E-state index contributed by atoms with van der Waals surface area (Å²) >= 11 is 2.94. The number of nitrogens with zero attached hydrogens (tertiary/aromatic N) is 2. The number of carboxylic acid groups (broad SMARTS) is 1. The van der Waals surface area contributed by atoms with Crippen molar-refractivity contribution < 1.29 is 23.1 Å². The molecule has 1 amide bonds. The van der Waals surface area contributed by atoms with Gasteiger partial charge in [-0.25, -0.2) is 14.8 Å². The highest BCUT2D eigenvalue weighted by Gasteiger charge is 2.34. The Bertz CT molecular complexity index is 541. The van der Waals surface area contributed by atoms with Crippen molar-refractivity contribution in [3.63, 3.8) is 0 Å². The second-order valence-corrected chi connectivity index (χ2v) is 5.38. The van der Waals surface area contributed by atoms with E-state index in [-0.39, 0.29) is 22.5 Å². The van der Waals surface area contributed by atoms with Crippen LogP contribution < -0.4 is 10.6 Å². The molecule has 0 saturated heterocycles. The summed E-state index contributed by atoms with van der Waals surface area (Å²) in [5, 5.41) is 14.0. The van der Waals surface area contributed by atoms with Gasteiger partial charge in [0.2, 0.25) is 0 Å². The number of hydrogen-bond donors (Lipinski definition) is 3. The fourth-order valence-electron chi connectivity index (χ4n) is 2.24. The van der Waals surface area contributed by atoms with E-state index < -0.39 is 18.0 Å². The molecule has 1 aromatic rings. The number of hydrogen-bond acceptors (Lipinski definition) is 4. The molecular formula is C11H12BrF3N4O2. The molecule has 2 atom stereocenters. The smallest absolute Gasteiger partial charge is 0.434 e. The standard InChI is InChI=1S/C11H12BrF3N4O2/c12-8-9(16-4-7(19-8)11(13,14)15)17-5-2-1-3-6(5)18-10(20)21/h4-6,18H,1-3H2,(H,16,17)(H,20,21)/t5-,6-/m0/s1. The van der Waals surface area contributed by atoms with E-state index in [4.69, 9.17) is 5.11 Å². The van der Waals surface area contributed by atoms with E-state index in [0.717, 1.165) is 6.42 Å². The van der Waals surface area contributed by atoms with Crippen molar-refractivity contribution in [3.05, 3.63) is 16.5 Å². The molecule has 2 rings (SSSR count). The minimum atomic E-state index is -4.56. The lowest BCUT2D eigenvalue weighted by Crippen LogP contribution is -2.42. The largest absolute Gasteiger partial charge is 0.465 e. The highest BCUT2D eigenvalue weighted by Crippen LogP contribution is 2.31. The van der Waals surface area contributed by atoms with Crippen LogP contribution in [0.3, 0.4) is 0 Å². The molecule has 1 fully saturated rings. The van der Waals surface area contributed by atoms with Gasteiger partial charge in [-0.05, 0) is 35.2 Å². The molecule has 0 spiro atoms. The third kappa shape index (κ3) is 3.96. The van der Waals surface area contributed by atoms with Gasteiger partial charge in [-0.15, -0.1) is 0 Å². The van der Waals surface area contributed by atoms with E-state index in [1.165, 1.54) is 0 Å². The highest BCUT2D eigenvalue weighted by atomic mass is 79.9. The zero-order valence-electron chi connectivity index (χ0n) is 10.6. The Morgan fingerprint density at radius 3 is 2.62 bits per heavy atom. The number of nitrogens with one attached hydrogen (secondary N) is 2. The summed E-state index contributed by atoms with van der Waals surface area (Å²) in [5.41, 5.74) is -1.09. The second-order valence-electron chi connectivity index (χ2n) is 4.63. The zero-order valence-corrected chi connectivity index (χ0v) is 12.2. The minimum absolute atomic E-state index is 0.0571. The van der Waals surface area contributed by atoms with Crippen LogP contribution in [0.2, 0.25) is 0 Å². The molecule has 116 valence electrons. The van der Waals surface area contributed by atoms with Gasteiger partial charge in [0.15, 0.2) is 11.5 Å². The third-order valence-electron chi connectivity index (χ3n) is 3.17. The molecule has 0 aromatic carbocycles. The summed E-state index contributed by atoms with van der Waals surface area (Å²) in [4.78, 5) is 17.8. The summed E-state index contributed by atoms with van der Waals surface area (Å²) in [7, 11) is 0. The van der Waals surface area contributed by atoms with E-state index in [1.807, 2.05) is 0 Å². The van der Waals surface area contributed by atoms with Gasteiger partial charge in [0.25, 0.3) is 0 Å². The zero-order chi connectivity index (χ0) is 15.6. The normalized spacial score (nSPS) is 22.1. The maximum Gasteiger partial charge on any atom is 0.434 e. The van der Waals surface area contributed by atoms with Gasteiger partial charge in [-0.1, -0.05) is 0 Å². The fraction of sp³-hybridized carbons (Fsp3) is 0.545. The van der Waals surface area contributed by atoms with Crippen LogP contribution >= 0.6 is 15.9 Å². The van der Waals surface area contributed by atoms with Gasteiger partial charge in [-0.3, -0.25) is 0 Å². The van der Waals surface area contributed by atoms with E-state index in [0.29, 0.717) is 19.0 Å². The first-order valence-corrected chi connectivity index (χ1v) is 6.92. The molecule has 6 nitrogen and oxygen atoms in total. The number of halogens is 4. The van der Waals surface area contributed by atoms with Gasteiger partial charge < -0.3 is 15.7 Å². The van der Waals surface area contributed by atoms with Crippen LogP contribution in [0.25, 0.3) is 0 Å². The van der Waals surface area contributed by atoms with Crippen LogP contribution in [0.4, 0.5) is 23.8 Å². The Labute approximate surface area is 126 Å². The topological polar surface area (TPSA) is 87.1 Å². The average molecular weight is 369 g/mol. The number of anilines is 1. The molecule has 3 N–H and O–H groups in total. The quantitative estimate of drug-likeness (QED) is 0.763. The van der Waals surface area contributed by atoms with Gasteiger partial charge >= 0.3 is 12.3 Å². The van der Waals surface area contributed by atoms with E-state index in [2.05, 4.69) is 36.5 Å². The maximum absolute atomic E-state index is 12.5. The molecule has 21 heavy (non-hydrogen) atoms. The van der Waals surface area contributed by atoms with Crippen molar-refractivity contribution in [1.29, 1.82) is 0 Å². The van der Waals surface area contributed by atoms with Crippen molar-refractivity contribution in [2.75, 3.05) is 5.32 Å². The lowest BCUT2D eigenvalue weighted by molar-refractivity contribution is -0.141. The second kappa shape index (κ2) is 6.04. The summed E-state index contributed by atoms with van der Waals surface area (Å²) in [6.45, 7) is 0. The summed E-state index contributed by atoms with van der Waals surface area (Å²) in [6.07, 6.45) is -2.88. The third-order valence-corrected chi connectivity index (χ3v) is 3.72. The lowest BCUT2D eigenvalue weighted by Gasteiger charge is -2.21. The van der Waals surface area contributed by atoms with E-state index >= 15 is 0 Å². The van der Waals surface area contributed by atoms with Gasteiger partial charge in [0.05, 0.1) is 12.2 Å². The first kappa shape index (κ1) is 15.8. The Kier molecular flexibility index (Phi) is 4.55. The molecule has 0 aliphatic heterocycles. The lowest BCUT2D eigenvalue weighted by atomic mass is 10.2. The average Bonchev–Trinajstić information content (AvgIpc) is 2.77. The van der Waals surface area contributed by atoms with Crippen LogP contribution in [0, 0.1) is 0 Å². The van der Waals surface area contributed by atoms with E-state index in [1.54, 1.807) is 0 Å².